The molecule has 0 bridgehead atoms. The van der Waals surface area contributed by atoms with E-state index in [1.165, 1.54) is 19.1 Å². The minimum Gasteiger partial charge on any atom is -0.302 e. The third-order valence-electron chi connectivity index (χ3n) is 1.81. The molecular formula is C7H8N2O5S. The molecule has 82 valence electrons. The van der Waals surface area contributed by atoms with Crippen LogP contribution in [0.1, 0.15) is 5.56 Å². The Morgan fingerprint density at radius 2 is 2.07 bits per heavy atom. The van der Waals surface area contributed by atoms with Crippen LogP contribution in [0.2, 0.25) is 0 Å². The van der Waals surface area contributed by atoms with E-state index in [9.17, 15) is 18.5 Å². The van der Waals surface area contributed by atoms with Crippen LogP contribution in [0.25, 0.3) is 0 Å². The van der Waals surface area contributed by atoms with Crippen LogP contribution in [0.4, 0.5) is 5.69 Å². The summed E-state index contributed by atoms with van der Waals surface area (Å²) in [6.45, 7) is 1.49. The minimum atomic E-state index is -4.07. The quantitative estimate of drug-likeness (QED) is 0.584. The SMILES string of the molecule is Cc1ccc(S(=O)(=O)NO)cc1[N+](=O)[O-]. The first-order chi connectivity index (χ1) is 6.88. The number of aryl methyl sites for hydroxylation is 1. The van der Waals surface area contributed by atoms with E-state index < -0.39 is 14.9 Å². The normalized spacial score (nSPS) is 11.3. The van der Waals surface area contributed by atoms with Crippen LogP contribution in [0.3, 0.4) is 0 Å². The number of benzene rings is 1. The fourth-order valence-corrected chi connectivity index (χ4v) is 1.63. The molecule has 0 saturated heterocycles. The Balaban J connectivity index is 3.38. The van der Waals surface area contributed by atoms with Gasteiger partial charge in [-0.05, 0) is 13.0 Å². The Morgan fingerprint density at radius 1 is 1.47 bits per heavy atom. The van der Waals surface area contributed by atoms with Crippen molar-refractivity contribution in [3.8, 4) is 0 Å². The molecule has 1 aromatic carbocycles. The van der Waals surface area contributed by atoms with Crippen LogP contribution in [0.15, 0.2) is 23.1 Å². The van der Waals surface area contributed by atoms with Gasteiger partial charge in [-0.3, -0.25) is 10.1 Å². The van der Waals surface area contributed by atoms with Gasteiger partial charge in [-0.25, -0.2) is 8.42 Å². The molecule has 0 amide bonds. The Bertz CT molecular complexity index is 496. The van der Waals surface area contributed by atoms with Crippen LogP contribution < -0.4 is 4.89 Å². The van der Waals surface area contributed by atoms with Crippen LogP contribution in [0, 0.1) is 17.0 Å². The Morgan fingerprint density at radius 3 is 2.53 bits per heavy atom. The number of nitrogens with zero attached hydrogens (tertiary/aromatic N) is 1. The topological polar surface area (TPSA) is 110 Å². The summed E-state index contributed by atoms with van der Waals surface area (Å²) in [6, 6.07) is 3.34. The van der Waals surface area contributed by atoms with Gasteiger partial charge < -0.3 is 5.21 Å². The summed E-state index contributed by atoms with van der Waals surface area (Å²) in [5, 5.41) is 18.9. The van der Waals surface area contributed by atoms with Crippen LogP contribution >= 0.6 is 0 Å². The number of nitro benzene ring substituents is 1. The molecule has 0 unspecified atom stereocenters. The largest absolute Gasteiger partial charge is 0.302 e. The zero-order valence-corrected chi connectivity index (χ0v) is 8.48. The lowest BCUT2D eigenvalue weighted by molar-refractivity contribution is -0.385. The van der Waals surface area contributed by atoms with Gasteiger partial charge in [0.25, 0.3) is 15.7 Å². The predicted molar refractivity (Wildman–Crippen MR) is 49.9 cm³/mol. The fourth-order valence-electron chi connectivity index (χ4n) is 1.01. The Kier molecular flexibility index (Phi) is 3.03. The van der Waals surface area contributed by atoms with Crippen LogP contribution in [-0.4, -0.2) is 18.5 Å². The Hall–Kier alpha value is -1.51. The van der Waals surface area contributed by atoms with Gasteiger partial charge in [0, 0.05) is 11.6 Å². The van der Waals surface area contributed by atoms with E-state index in [4.69, 9.17) is 5.21 Å². The van der Waals surface area contributed by atoms with Crippen molar-refractivity contribution in [2.45, 2.75) is 11.8 Å². The van der Waals surface area contributed by atoms with Crippen molar-refractivity contribution < 1.29 is 18.5 Å². The van der Waals surface area contributed by atoms with Crippen molar-refractivity contribution in [2.24, 2.45) is 0 Å². The van der Waals surface area contributed by atoms with Gasteiger partial charge in [0.1, 0.15) is 0 Å². The monoisotopic (exact) mass is 232 g/mol. The molecule has 7 nitrogen and oxygen atoms in total. The highest BCUT2D eigenvalue weighted by Gasteiger charge is 2.18. The molecule has 2 N–H and O–H groups in total. The maximum absolute atomic E-state index is 11.1. The molecule has 0 atom stereocenters. The number of rotatable bonds is 3. The molecule has 0 aliphatic rings. The van der Waals surface area contributed by atoms with E-state index in [2.05, 4.69) is 0 Å². The predicted octanol–water partition coefficient (Wildman–Crippen LogP) is 0.571. The molecule has 0 saturated carbocycles. The summed E-state index contributed by atoms with van der Waals surface area (Å²) < 4.78 is 22.2. The lowest BCUT2D eigenvalue weighted by Crippen LogP contribution is -2.19. The second-order valence-electron chi connectivity index (χ2n) is 2.80. The zero-order valence-electron chi connectivity index (χ0n) is 7.67. The number of hydrogen-bond acceptors (Lipinski definition) is 5. The number of nitrogens with one attached hydrogen (secondary N) is 1. The highest BCUT2D eigenvalue weighted by Crippen LogP contribution is 2.21. The van der Waals surface area contributed by atoms with E-state index >= 15 is 0 Å². The second kappa shape index (κ2) is 3.93. The molecule has 0 aromatic heterocycles. The average molecular weight is 232 g/mol. The minimum absolute atomic E-state index is 0.314. The smallest absolute Gasteiger partial charge is 0.273 e. The van der Waals surface area contributed by atoms with Crippen molar-refractivity contribution in [1.82, 2.24) is 4.89 Å². The van der Waals surface area contributed by atoms with Crippen molar-refractivity contribution in [3.63, 3.8) is 0 Å². The molecule has 0 aliphatic carbocycles. The maximum atomic E-state index is 11.1. The summed E-state index contributed by atoms with van der Waals surface area (Å²) in [5.41, 5.74) is 0.0308. The van der Waals surface area contributed by atoms with E-state index in [1.807, 2.05) is 0 Å². The third kappa shape index (κ3) is 2.29. The van der Waals surface area contributed by atoms with Crippen molar-refractivity contribution in [1.29, 1.82) is 0 Å². The third-order valence-corrected chi connectivity index (χ3v) is 2.92. The molecule has 0 radical (unpaired) electrons. The summed E-state index contributed by atoms with van der Waals surface area (Å²) in [6.07, 6.45) is 0. The van der Waals surface area contributed by atoms with Crippen LogP contribution in [0.5, 0.6) is 0 Å². The molecule has 0 aliphatic heterocycles. The lowest BCUT2D eigenvalue weighted by atomic mass is 10.2. The van der Waals surface area contributed by atoms with Crippen molar-refractivity contribution in [3.05, 3.63) is 33.9 Å². The highest BCUT2D eigenvalue weighted by molar-refractivity contribution is 7.89. The average Bonchev–Trinajstić information content (AvgIpc) is 2.17. The molecule has 15 heavy (non-hydrogen) atoms. The van der Waals surface area contributed by atoms with Crippen molar-refractivity contribution >= 4 is 15.7 Å². The number of sulfonamides is 1. The maximum Gasteiger partial charge on any atom is 0.273 e. The first kappa shape index (κ1) is 11.6. The molecule has 1 aromatic rings. The van der Waals surface area contributed by atoms with Crippen LogP contribution in [-0.2, 0) is 10.0 Å². The second-order valence-corrected chi connectivity index (χ2v) is 4.46. The Labute approximate surface area is 85.5 Å². The van der Waals surface area contributed by atoms with Gasteiger partial charge in [-0.2, -0.15) is 0 Å². The fraction of sp³-hybridized carbons (Fsp3) is 0.143. The first-order valence-corrected chi connectivity index (χ1v) is 5.28. The van der Waals surface area contributed by atoms with E-state index in [1.54, 1.807) is 0 Å². The molecule has 1 rings (SSSR count). The standard InChI is InChI=1S/C7H8N2O5S/c1-5-2-3-6(15(13,14)8-10)4-7(5)9(11)12/h2-4,8,10H,1H3. The van der Waals surface area contributed by atoms with Gasteiger partial charge in [0.05, 0.1) is 9.82 Å². The van der Waals surface area contributed by atoms with E-state index in [0.717, 1.165) is 11.0 Å². The summed E-state index contributed by atoms with van der Waals surface area (Å²) in [4.78, 5) is 10.6. The lowest BCUT2D eigenvalue weighted by Gasteiger charge is -2.02. The summed E-state index contributed by atoms with van der Waals surface area (Å²) >= 11 is 0. The summed E-state index contributed by atoms with van der Waals surface area (Å²) in [7, 11) is -4.07. The van der Waals surface area contributed by atoms with Gasteiger partial charge in [0.2, 0.25) is 0 Å². The van der Waals surface area contributed by atoms with Gasteiger partial charge >= 0.3 is 0 Å². The molecule has 0 fully saturated rings. The van der Waals surface area contributed by atoms with Crippen molar-refractivity contribution in [2.75, 3.05) is 0 Å². The molecule has 8 heteroatoms. The first-order valence-electron chi connectivity index (χ1n) is 3.79. The number of nitro groups is 1. The highest BCUT2D eigenvalue weighted by atomic mass is 32.2. The van der Waals surface area contributed by atoms with E-state index in [-0.39, 0.29) is 10.6 Å². The van der Waals surface area contributed by atoms with Gasteiger partial charge in [-0.1, -0.05) is 11.0 Å². The van der Waals surface area contributed by atoms with Gasteiger partial charge in [0.15, 0.2) is 0 Å². The summed E-state index contributed by atoms with van der Waals surface area (Å²) in [5.74, 6) is 0. The molecular weight excluding hydrogens is 224 g/mol. The zero-order chi connectivity index (χ0) is 11.6. The number of hydrogen-bond donors (Lipinski definition) is 2. The van der Waals surface area contributed by atoms with E-state index in [0.29, 0.717) is 5.56 Å². The molecule has 0 heterocycles. The van der Waals surface area contributed by atoms with Gasteiger partial charge in [-0.15, -0.1) is 0 Å². The molecule has 0 spiro atoms.